The first-order valence-electron chi connectivity index (χ1n) is 4.43. The van der Waals surface area contributed by atoms with Crippen LogP contribution in [0.15, 0.2) is 35.4 Å². The van der Waals surface area contributed by atoms with Crippen LogP contribution in [0.25, 0.3) is 0 Å². The van der Waals surface area contributed by atoms with Crippen LogP contribution in [0.2, 0.25) is 0 Å². The van der Waals surface area contributed by atoms with Gasteiger partial charge in [-0.05, 0) is 19.4 Å². The number of nitrogens with two attached hydrogens (primary N) is 2. The zero-order valence-electron chi connectivity index (χ0n) is 8.51. The number of rotatable bonds is 3. The zero-order valence-corrected chi connectivity index (χ0v) is 8.51. The molecule has 0 amide bonds. The molecule has 0 radical (unpaired) electrons. The fraction of sp³-hybridized carbons (Fsp3) is 0.300. The van der Waals surface area contributed by atoms with Crippen LogP contribution in [0.5, 0.6) is 0 Å². The third-order valence-corrected chi connectivity index (χ3v) is 2.24. The maximum atomic E-state index is 5.75. The van der Waals surface area contributed by atoms with Gasteiger partial charge in [0.1, 0.15) is 6.34 Å². The standard InChI is InChI=1S/C10H16N4/c1-10(2,14(12)13-8-11)9-6-4-3-5-7-9/h3-8H,12H2,1-2H3,(H2,11,13). The molecule has 0 fully saturated rings. The van der Waals surface area contributed by atoms with Crippen molar-refractivity contribution in [2.45, 2.75) is 19.4 Å². The molecule has 1 rings (SSSR count). The van der Waals surface area contributed by atoms with E-state index in [2.05, 4.69) is 5.10 Å². The first kappa shape index (κ1) is 10.5. The Morgan fingerprint density at radius 3 is 2.36 bits per heavy atom. The fourth-order valence-corrected chi connectivity index (χ4v) is 1.19. The molecule has 0 bridgehead atoms. The minimum absolute atomic E-state index is 0.364. The second kappa shape index (κ2) is 4.11. The summed E-state index contributed by atoms with van der Waals surface area (Å²) in [5, 5.41) is 5.19. The largest absolute Gasteiger partial charge is 0.388 e. The van der Waals surface area contributed by atoms with Gasteiger partial charge in [0.2, 0.25) is 0 Å². The molecule has 4 heteroatoms. The summed E-state index contributed by atoms with van der Waals surface area (Å²) in [6, 6.07) is 9.92. The summed E-state index contributed by atoms with van der Waals surface area (Å²) in [5.41, 5.74) is 5.92. The topological polar surface area (TPSA) is 67.6 Å². The predicted molar refractivity (Wildman–Crippen MR) is 58.2 cm³/mol. The summed E-state index contributed by atoms with van der Waals surface area (Å²) in [5.74, 6) is 5.75. The van der Waals surface area contributed by atoms with Crippen molar-refractivity contribution in [1.82, 2.24) is 5.12 Å². The van der Waals surface area contributed by atoms with Gasteiger partial charge < -0.3 is 5.73 Å². The van der Waals surface area contributed by atoms with Crippen molar-refractivity contribution in [2.24, 2.45) is 16.7 Å². The summed E-state index contributed by atoms with van der Waals surface area (Å²) < 4.78 is 0. The molecule has 1 aromatic carbocycles. The van der Waals surface area contributed by atoms with E-state index in [1.165, 1.54) is 11.5 Å². The van der Waals surface area contributed by atoms with Crippen LogP contribution in [0.1, 0.15) is 19.4 Å². The molecule has 0 spiro atoms. The molecule has 0 heterocycles. The number of hydrogen-bond acceptors (Lipinski definition) is 3. The number of hydrogen-bond donors (Lipinski definition) is 2. The van der Waals surface area contributed by atoms with Crippen LogP contribution < -0.4 is 11.6 Å². The Bertz CT molecular complexity index is 305. The van der Waals surface area contributed by atoms with E-state index in [4.69, 9.17) is 11.6 Å². The molecule has 0 aliphatic heterocycles. The molecule has 0 aliphatic carbocycles. The van der Waals surface area contributed by atoms with Gasteiger partial charge in [-0.3, -0.25) is 0 Å². The maximum Gasteiger partial charge on any atom is 0.107 e. The van der Waals surface area contributed by atoms with Gasteiger partial charge in [0.15, 0.2) is 0 Å². The Morgan fingerprint density at radius 1 is 1.29 bits per heavy atom. The second-order valence-corrected chi connectivity index (χ2v) is 3.53. The SMILES string of the molecule is CC(C)(c1ccccc1)N(N)/N=C\N. The average molecular weight is 192 g/mol. The molecule has 0 atom stereocenters. The van der Waals surface area contributed by atoms with Gasteiger partial charge in [0, 0.05) is 0 Å². The fourth-order valence-electron chi connectivity index (χ4n) is 1.19. The van der Waals surface area contributed by atoms with Gasteiger partial charge in [-0.1, -0.05) is 30.3 Å². The minimum atomic E-state index is -0.364. The van der Waals surface area contributed by atoms with E-state index >= 15 is 0 Å². The summed E-state index contributed by atoms with van der Waals surface area (Å²) in [6.07, 6.45) is 1.19. The summed E-state index contributed by atoms with van der Waals surface area (Å²) in [7, 11) is 0. The number of benzene rings is 1. The van der Waals surface area contributed by atoms with Crippen LogP contribution in [-0.4, -0.2) is 11.5 Å². The first-order chi connectivity index (χ1) is 6.59. The second-order valence-electron chi connectivity index (χ2n) is 3.53. The first-order valence-corrected chi connectivity index (χ1v) is 4.43. The molecule has 0 saturated heterocycles. The van der Waals surface area contributed by atoms with E-state index in [1.807, 2.05) is 44.2 Å². The molecule has 4 N–H and O–H groups in total. The van der Waals surface area contributed by atoms with Gasteiger partial charge >= 0.3 is 0 Å². The van der Waals surface area contributed by atoms with Gasteiger partial charge in [-0.2, -0.15) is 5.10 Å². The van der Waals surface area contributed by atoms with Crippen LogP contribution in [0.4, 0.5) is 0 Å². The Labute approximate surface area is 84.2 Å². The summed E-state index contributed by atoms with van der Waals surface area (Å²) in [4.78, 5) is 0. The van der Waals surface area contributed by atoms with Crippen LogP contribution in [0.3, 0.4) is 0 Å². The lowest BCUT2D eigenvalue weighted by atomic mass is 9.95. The van der Waals surface area contributed by atoms with Gasteiger partial charge in [-0.15, -0.1) is 0 Å². The monoisotopic (exact) mass is 192 g/mol. The Balaban J connectivity index is 2.95. The van der Waals surface area contributed by atoms with Crippen molar-refractivity contribution in [1.29, 1.82) is 0 Å². The van der Waals surface area contributed by atoms with Crippen LogP contribution in [0, 0.1) is 0 Å². The maximum absolute atomic E-state index is 5.75. The molecule has 0 aromatic heterocycles. The summed E-state index contributed by atoms with van der Waals surface area (Å²) in [6.45, 7) is 3.96. The molecule has 4 nitrogen and oxygen atoms in total. The van der Waals surface area contributed by atoms with Crippen molar-refractivity contribution in [3.8, 4) is 0 Å². The van der Waals surface area contributed by atoms with Gasteiger partial charge in [0.25, 0.3) is 0 Å². The third kappa shape index (κ3) is 2.03. The Kier molecular flexibility index (Phi) is 3.09. The highest BCUT2D eigenvalue weighted by atomic mass is 15.7. The highest BCUT2D eigenvalue weighted by Gasteiger charge is 2.25. The number of hydrazine groups is 1. The van der Waals surface area contributed by atoms with E-state index in [9.17, 15) is 0 Å². The van der Waals surface area contributed by atoms with Crippen LogP contribution in [-0.2, 0) is 5.54 Å². The lowest BCUT2D eigenvalue weighted by Crippen LogP contribution is -2.43. The van der Waals surface area contributed by atoms with Crippen molar-refractivity contribution < 1.29 is 0 Å². The highest BCUT2D eigenvalue weighted by molar-refractivity contribution is 5.50. The molecular formula is C10H16N4. The molecule has 76 valence electrons. The minimum Gasteiger partial charge on any atom is -0.388 e. The van der Waals surface area contributed by atoms with E-state index in [0.717, 1.165) is 5.56 Å². The van der Waals surface area contributed by atoms with Crippen molar-refractivity contribution in [3.63, 3.8) is 0 Å². The van der Waals surface area contributed by atoms with Crippen LogP contribution >= 0.6 is 0 Å². The normalized spacial score (nSPS) is 11.9. The molecular weight excluding hydrogens is 176 g/mol. The predicted octanol–water partition coefficient (Wildman–Crippen LogP) is 0.999. The highest BCUT2D eigenvalue weighted by Crippen LogP contribution is 2.24. The van der Waals surface area contributed by atoms with E-state index < -0.39 is 0 Å². The molecule has 0 saturated carbocycles. The number of hydrazone groups is 1. The lowest BCUT2D eigenvalue weighted by Gasteiger charge is -2.32. The summed E-state index contributed by atoms with van der Waals surface area (Å²) >= 11 is 0. The number of nitrogens with zero attached hydrogens (tertiary/aromatic N) is 2. The molecule has 0 unspecified atom stereocenters. The molecule has 14 heavy (non-hydrogen) atoms. The molecule has 0 aliphatic rings. The quantitative estimate of drug-likeness (QED) is 0.325. The third-order valence-electron chi connectivity index (χ3n) is 2.24. The van der Waals surface area contributed by atoms with E-state index in [1.54, 1.807) is 0 Å². The molecule has 1 aromatic rings. The Hall–Kier alpha value is -1.55. The zero-order chi connectivity index (χ0) is 10.6. The van der Waals surface area contributed by atoms with Crippen molar-refractivity contribution in [3.05, 3.63) is 35.9 Å². The van der Waals surface area contributed by atoms with Crippen molar-refractivity contribution in [2.75, 3.05) is 0 Å². The van der Waals surface area contributed by atoms with E-state index in [0.29, 0.717) is 0 Å². The Morgan fingerprint density at radius 2 is 1.86 bits per heavy atom. The van der Waals surface area contributed by atoms with Gasteiger partial charge in [-0.25, -0.2) is 11.0 Å². The lowest BCUT2D eigenvalue weighted by molar-refractivity contribution is 0.127. The van der Waals surface area contributed by atoms with Crippen molar-refractivity contribution >= 4 is 6.34 Å². The van der Waals surface area contributed by atoms with E-state index in [-0.39, 0.29) is 5.54 Å². The average Bonchev–Trinajstić information content (AvgIpc) is 2.19. The smallest absolute Gasteiger partial charge is 0.107 e. The van der Waals surface area contributed by atoms with Gasteiger partial charge in [0.05, 0.1) is 5.54 Å².